The number of benzene rings is 2. The second kappa shape index (κ2) is 8.74. The van der Waals surface area contributed by atoms with E-state index in [2.05, 4.69) is 24.5 Å². The Morgan fingerprint density at radius 3 is 2.62 bits per heavy atom. The molecule has 6 nitrogen and oxygen atoms in total. The van der Waals surface area contributed by atoms with Gasteiger partial charge in [-0.15, -0.1) is 0 Å². The molecule has 2 aromatic rings. The van der Waals surface area contributed by atoms with Gasteiger partial charge in [-0.05, 0) is 41.7 Å². The lowest BCUT2D eigenvalue weighted by atomic mass is 9.73. The van der Waals surface area contributed by atoms with Crippen molar-refractivity contribution in [2.45, 2.75) is 32.7 Å². The first kappa shape index (κ1) is 22.0. The third-order valence-electron chi connectivity index (χ3n) is 5.89. The molecule has 2 amide bonds. The van der Waals surface area contributed by atoms with E-state index >= 15 is 0 Å². The van der Waals surface area contributed by atoms with Crippen LogP contribution in [0.4, 0.5) is 20.6 Å². The minimum absolute atomic E-state index is 0.0134. The molecule has 0 fully saturated rings. The number of para-hydroxylation sites is 2. The summed E-state index contributed by atoms with van der Waals surface area (Å²) in [7, 11) is 1.57. The molecule has 1 aliphatic carbocycles. The lowest BCUT2D eigenvalue weighted by molar-refractivity contribution is -0.118. The fourth-order valence-electron chi connectivity index (χ4n) is 4.52. The average Bonchev–Trinajstić information content (AvgIpc) is 2.88. The summed E-state index contributed by atoms with van der Waals surface area (Å²) in [5.74, 6) is -0.386. The molecule has 0 bridgehead atoms. The number of carbonyl (C=O) groups is 2. The fraction of sp³-hybridized carbons (Fsp3) is 0.360. The Kier molecular flexibility index (Phi) is 6.02. The highest BCUT2D eigenvalue weighted by molar-refractivity contribution is 6.06. The maximum atomic E-state index is 13.7. The highest BCUT2D eigenvalue weighted by Gasteiger charge is 2.43. The summed E-state index contributed by atoms with van der Waals surface area (Å²) < 4.78 is 18.8. The van der Waals surface area contributed by atoms with E-state index in [9.17, 15) is 14.0 Å². The van der Waals surface area contributed by atoms with Gasteiger partial charge in [-0.3, -0.25) is 9.69 Å². The largest absolute Gasteiger partial charge is 0.383 e. The van der Waals surface area contributed by atoms with Gasteiger partial charge in [-0.1, -0.05) is 38.1 Å². The van der Waals surface area contributed by atoms with Crippen LogP contribution in [0.5, 0.6) is 0 Å². The second-order valence-corrected chi connectivity index (χ2v) is 9.02. The Bertz CT molecular complexity index is 1060. The number of rotatable bonds is 4. The van der Waals surface area contributed by atoms with Crippen molar-refractivity contribution in [1.29, 1.82) is 0 Å². The summed E-state index contributed by atoms with van der Waals surface area (Å²) in [4.78, 5) is 28.5. The molecule has 2 aliphatic rings. The molecular formula is C25H28FN3O3. The number of hydrogen-bond donors (Lipinski definition) is 2. The number of ether oxygens (including phenoxy) is 1. The van der Waals surface area contributed by atoms with Crippen LogP contribution < -0.4 is 15.5 Å². The minimum Gasteiger partial charge on any atom is -0.383 e. The van der Waals surface area contributed by atoms with Gasteiger partial charge in [0, 0.05) is 31.3 Å². The number of amides is 2. The molecule has 7 heteroatoms. The van der Waals surface area contributed by atoms with Gasteiger partial charge in [0.15, 0.2) is 5.78 Å². The molecule has 2 N–H and O–H groups in total. The molecular weight excluding hydrogens is 409 g/mol. The van der Waals surface area contributed by atoms with Crippen LogP contribution in [0.3, 0.4) is 0 Å². The van der Waals surface area contributed by atoms with Crippen LogP contribution in [0.25, 0.3) is 0 Å². The van der Waals surface area contributed by atoms with Crippen LogP contribution in [0.2, 0.25) is 0 Å². The molecule has 0 radical (unpaired) electrons. The van der Waals surface area contributed by atoms with Crippen molar-refractivity contribution < 1.29 is 18.7 Å². The summed E-state index contributed by atoms with van der Waals surface area (Å²) in [5, 5.41) is 6.33. The van der Waals surface area contributed by atoms with Crippen LogP contribution in [0.15, 0.2) is 59.8 Å². The lowest BCUT2D eigenvalue weighted by Crippen LogP contribution is -2.45. The van der Waals surface area contributed by atoms with Gasteiger partial charge < -0.3 is 15.4 Å². The summed E-state index contributed by atoms with van der Waals surface area (Å²) in [5.41, 5.74) is 3.22. The average molecular weight is 438 g/mol. The van der Waals surface area contributed by atoms with Crippen LogP contribution in [0, 0.1) is 11.2 Å². The lowest BCUT2D eigenvalue weighted by Gasteiger charge is -2.37. The number of carbonyl (C=O) groups excluding carboxylic acids is 2. The Labute approximate surface area is 187 Å². The molecule has 0 saturated carbocycles. The van der Waals surface area contributed by atoms with E-state index in [0.717, 1.165) is 11.4 Å². The Morgan fingerprint density at radius 2 is 1.91 bits per heavy atom. The van der Waals surface area contributed by atoms with Crippen molar-refractivity contribution in [2.75, 3.05) is 30.5 Å². The van der Waals surface area contributed by atoms with Crippen LogP contribution >= 0.6 is 0 Å². The first-order valence-electron chi connectivity index (χ1n) is 10.7. The second-order valence-electron chi connectivity index (χ2n) is 9.02. The van der Waals surface area contributed by atoms with Crippen molar-refractivity contribution in [3.63, 3.8) is 0 Å². The van der Waals surface area contributed by atoms with Crippen molar-refractivity contribution in [2.24, 2.45) is 5.41 Å². The predicted octanol–water partition coefficient (Wildman–Crippen LogP) is 4.80. The van der Waals surface area contributed by atoms with Crippen LogP contribution in [-0.4, -0.2) is 32.1 Å². The first-order chi connectivity index (χ1) is 15.3. The number of hydrogen-bond acceptors (Lipinski definition) is 4. The highest BCUT2D eigenvalue weighted by atomic mass is 19.1. The van der Waals surface area contributed by atoms with E-state index in [0.29, 0.717) is 42.8 Å². The molecule has 1 heterocycles. The number of methoxy groups -OCH3 is 1. The van der Waals surface area contributed by atoms with Crippen LogP contribution in [0.1, 0.15) is 38.3 Å². The number of nitrogens with zero attached hydrogens (tertiary/aromatic N) is 1. The molecule has 0 spiro atoms. The van der Waals surface area contributed by atoms with E-state index < -0.39 is 6.04 Å². The van der Waals surface area contributed by atoms with Gasteiger partial charge >= 0.3 is 6.03 Å². The maximum absolute atomic E-state index is 13.7. The zero-order valence-corrected chi connectivity index (χ0v) is 18.6. The smallest absolute Gasteiger partial charge is 0.322 e. The van der Waals surface area contributed by atoms with Crippen molar-refractivity contribution in [1.82, 2.24) is 5.32 Å². The first-order valence-corrected chi connectivity index (χ1v) is 10.7. The van der Waals surface area contributed by atoms with Crippen molar-refractivity contribution in [3.8, 4) is 0 Å². The number of ketones is 1. The zero-order valence-electron chi connectivity index (χ0n) is 18.6. The van der Waals surface area contributed by atoms with E-state index in [1.54, 1.807) is 24.1 Å². The predicted molar refractivity (Wildman–Crippen MR) is 122 cm³/mol. The maximum Gasteiger partial charge on any atom is 0.322 e. The summed E-state index contributed by atoms with van der Waals surface area (Å²) in [6.07, 6.45) is 1.04. The topological polar surface area (TPSA) is 70.7 Å². The molecule has 2 aromatic carbocycles. The summed E-state index contributed by atoms with van der Waals surface area (Å²) in [6, 6.07) is 12.5. The molecule has 1 atom stereocenters. The number of fused-ring (bicyclic) bond motifs is 1. The number of Topliss-reactive ketones (excluding diaryl/α,β-unsaturated/α-hetero) is 1. The minimum atomic E-state index is -0.687. The van der Waals surface area contributed by atoms with Gasteiger partial charge in [0.25, 0.3) is 0 Å². The number of anilines is 2. The normalized spacial score (nSPS) is 19.6. The van der Waals surface area contributed by atoms with Gasteiger partial charge in [0.05, 0.1) is 24.0 Å². The number of allylic oxidation sites excluding steroid dienone is 1. The van der Waals surface area contributed by atoms with E-state index in [1.807, 2.05) is 24.3 Å². The molecule has 0 aromatic heterocycles. The third-order valence-corrected chi connectivity index (χ3v) is 5.89. The van der Waals surface area contributed by atoms with E-state index in [-0.39, 0.29) is 23.0 Å². The van der Waals surface area contributed by atoms with E-state index in [1.165, 1.54) is 12.1 Å². The van der Waals surface area contributed by atoms with Gasteiger partial charge in [0.1, 0.15) is 5.82 Å². The standard InChI is InChI=1S/C25H28FN3O3/c1-25(2)14-19-22(21(30)15-25)23(16-8-10-17(26)11-9-16)29(24(31)27-12-13-32-3)20-7-5-4-6-18(20)28-19/h4-11,23,28H,12-15H2,1-3H3,(H,27,31). The van der Waals surface area contributed by atoms with Gasteiger partial charge in [-0.2, -0.15) is 0 Å². The molecule has 0 saturated heterocycles. The Balaban J connectivity index is 1.92. The van der Waals surface area contributed by atoms with Crippen LogP contribution in [-0.2, 0) is 9.53 Å². The Hall–Kier alpha value is -3.19. The molecule has 1 unspecified atom stereocenters. The number of halogens is 1. The molecule has 1 aliphatic heterocycles. The molecule has 4 rings (SSSR count). The highest BCUT2D eigenvalue weighted by Crippen LogP contribution is 2.48. The van der Waals surface area contributed by atoms with Crippen molar-refractivity contribution in [3.05, 3.63) is 71.2 Å². The molecule has 32 heavy (non-hydrogen) atoms. The fourth-order valence-corrected chi connectivity index (χ4v) is 4.52. The van der Waals surface area contributed by atoms with Gasteiger partial charge in [0.2, 0.25) is 0 Å². The SMILES string of the molecule is COCCNC(=O)N1c2ccccc2NC2=C(C(=O)CC(C)(C)C2)C1c1ccc(F)cc1. The third kappa shape index (κ3) is 4.25. The van der Waals surface area contributed by atoms with E-state index in [4.69, 9.17) is 4.74 Å². The van der Waals surface area contributed by atoms with Crippen molar-refractivity contribution >= 4 is 23.2 Å². The van der Waals surface area contributed by atoms with Gasteiger partial charge in [-0.25, -0.2) is 9.18 Å². The monoisotopic (exact) mass is 437 g/mol. The number of nitrogens with one attached hydrogen (secondary N) is 2. The molecule has 168 valence electrons. The number of urea groups is 1. The zero-order chi connectivity index (χ0) is 22.9. The quantitative estimate of drug-likeness (QED) is 0.675. The summed E-state index contributed by atoms with van der Waals surface area (Å²) >= 11 is 0. The Morgan fingerprint density at radius 1 is 1.19 bits per heavy atom. The summed E-state index contributed by atoms with van der Waals surface area (Å²) in [6.45, 7) is 4.82.